The summed E-state index contributed by atoms with van der Waals surface area (Å²) in [6.45, 7) is 2.83. The minimum Gasteiger partial charge on any atom is -0.378 e. The van der Waals surface area contributed by atoms with Crippen LogP contribution in [0.3, 0.4) is 0 Å². The Morgan fingerprint density at radius 3 is 2.96 bits per heavy atom. The molecule has 1 aliphatic carbocycles. The van der Waals surface area contributed by atoms with Crippen LogP contribution in [0.25, 0.3) is 11.0 Å². The average Bonchev–Trinajstić information content (AvgIpc) is 3.17. The van der Waals surface area contributed by atoms with Crippen LogP contribution in [0.15, 0.2) is 11.0 Å². The molecule has 1 saturated carbocycles. The van der Waals surface area contributed by atoms with Crippen LogP contribution in [-0.4, -0.2) is 32.5 Å². The van der Waals surface area contributed by atoms with Crippen molar-refractivity contribution in [1.82, 2.24) is 19.7 Å². The molecule has 0 bridgehead atoms. The normalized spacial score (nSPS) is 26.1. The molecule has 0 spiro atoms. The topological polar surface area (TPSA) is 72.8 Å². The van der Waals surface area contributed by atoms with Crippen molar-refractivity contribution < 1.29 is 4.74 Å². The molecule has 2 aliphatic rings. The first-order valence-electron chi connectivity index (χ1n) is 8.78. The van der Waals surface area contributed by atoms with Gasteiger partial charge < -0.3 is 9.72 Å². The molecular weight excluding hydrogens is 292 g/mol. The standard InChI is InChI=1S/C17H24N4O2/c1-11-8-13(6-7-23-11)21-16-14(10-18-21)17(22)20-15(19-16)9-12-4-2-3-5-12/h10-13H,2-9H2,1H3,(H,19,20,22)/t11-,13+/m0/s1. The van der Waals surface area contributed by atoms with Gasteiger partial charge in [0.1, 0.15) is 11.2 Å². The maximum atomic E-state index is 12.4. The van der Waals surface area contributed by atoms with E-state index in [0.29, 0.717) is 11.3 Å². The van der Waals surface area contributed by atoms with Crippen LogP contribution >= 0.6 is 0 Å². The molecule has 0 aromatic carbocycles. The highest BCUT2D eigenvalue weighted by Gasteiger charge is 2.24. The second kappa shape index (κ2) is 6.07. The Morgan fingerprint density at radius 1 is 1.35 bits per heavy atom. The molecule has 23 heavy (non-hydrogen) atoms. The van der Waals surface area contributed by atoms with E-state index < -0.39 is 0 Å². The van der Waals surface area contributed by atoms with Crippen molar-refractivity contribution in [3.8, 4) is 0 Å². The van der Waals surface area contributed by atoms with Crippen LogP contribution in [0.5, 0.6) is 0 Å². The number of H-pyrrole nitrogens is 1. The van der Waals surface area contributed by atoms with E-state index in [2.05, 4.69) is 17.0 Å². The molecule has 1 saturated heterocycles. The lowest BCUT2D eigenvalue weighted by molar-refractivity contribution is 0.00431. The lowest BCUT2D eigenvalue weighted by Gasteiger charge is -2.27. The number of hydrogen-bond acceptors (Lipinski definition) is 4. The Kier molecular flexibility index (Phi) is 3.93. The summed E-state index contributed by atoms with van der Waals surface area (Å²) in [5.74, 6) is 1.48. The second-order valence-electron chi connectivity index (χ2n) is 7.05. The summed E-state index contributed by atoms with van der Waals surface area (Å²) in [4.78, 5) is 20.1. The van der Waals surface area contributed by atoms with Crippen LogP contribution in [0, 0.1) is 5.92 Å². The molecule has 0 radical (unpaired) electrons. The van der Waals surface area contributed by atoms with Gasteiger partial charge in [-0.3, -0.25) is 4.79 Å². The number of aromatic amines is 1. The monoisotopic (exact) mass is 316 g/mol. The number of fused-ring (bicyclic) bond motifs is 1. The lowest BCUT2D eigenvalue weighted by Crippen LogP contribution is -2.26. The van der Waals surface area contributed by atoms with Crippen LogP contribution in [-0.2, 0) is 11.2 Å². The number of aromatic nitrogens is 4. The molecule has 0 amide bonds. The summed E-state index contributed by atoms with van der Waals surface area (Å²) in [6.07, 6.45) is 9.70. The third-order valence-electron chi connectivity index (χ3n) is 5.27. The van der Waals surface area contributed by atoms with Gasteiger partial charge in [-0.25, -0.2) is 9.67 Å². The van der Waals surface area contributed by atoms with Gasteiger partial charge in [0.15, 0.2) is 5.65 Å². The number of hydrogen-bond donors (Lipinski definition) is 1. The van der Waals surface area contributed by atoms with Crippen molar-refractivity contribution in [3.63, 3.8) is 0 Å². The first kappa shape index (κ1) is 14.9. The van der Waals surface area contributed by atoms with Gasteiger partial charge in [-0.05, 0) is 25.7 Å². The molecular formula is C17H24N4O2. The molecule has 3 heterocycles. The minimum absolute atomic E-state index is 0.0608. The van der Waals surface area contributed by atoms with Crippen LogP contribution < -0.4 is 5.56 Å². The number of nitrogens with one attached hydrogen (secondary N) is 1. The number of nitrogens with zero attached hydrogens (tertiary/aromatic N) is 3. The highest BCUT2D eigenvalue weighted by Crippen LogP contribution is 2.28. The zero-order valence-corrected chi connectivity index (χ0v) is 13.6. The molecule has 2 atom stereocenters. The summed E-state index contributed by atoms with van der Waals surface area (Å²) < 4.78 is 7.57. The fourth-order valence-corrected chi connectivity index (χ4v) is 4.03. The Balaban J connectivity index is 1.68. The van der Waals surface area contributed by atoms with Crippen LogP contribution in [0.4, 0.5) is 0 Å². The molecule has 124 valence electrons. The maximum absolute atomic E-state index is 12.4. The van der Waals surface area contributed by atoms with E-state index in [4.69, 9.17) is 9.72 Å². The van der Waals surface area contributed by atoms with E-state index in [1.54, 1.807) is 6.20 Å². The van der Waals surface area contributed by atoms with Gasteiger partial charge >= 0.3 is 0 Å². The van der Waals surface area contributed by atoms with Crippen LogP contribution in [0.2, 0.25) is 0 Å². The van der Waals surface area contributed by atoms with Crippen molar-refractivity contribution in [2.24, 2.45) is 5.92 Å². The van der Waals surface area contributed by atoms with Crippen molar-refractivity contribution in [2.45, 2.75) is 64.0 Å². The SMILES string of the molecule is C[C@H]1C[C@H](n2ncc3c(=O)[nH]c(CC4CCCC4)nc32)CCO1. The van der Waals surface area contributed by atoms with Gasteiger partial charge in [-0.1, -0.05) is 25.7 Å². The molecule has 6 nitrogen and oxygen atoms in total. The average molecular weight is 316 g/mol. The first-order valence-corrected chi connectivity index (χ1v) is 8.78. The predicted molar refractivity (Wildman–Crippen MR) is 87.5 cm³/mol. The Hall–Kier alpha value is -1.69. The molecule has 1 aliphatic heterocycles. The minimum atomic E-state index is -0.0608. The van der Waals surface area contributed by atoms with E-state index in [9.17, 15) is 4.79 Å². The first-order chi connectivity index (χ1) is 11.2. The molecule has 4 rings (SSSR count). The predicted octanol–water partition coefficient (Wildman–Crippen LogP) is 2.59. The molecule has 2 fully saturated rings. The Morgan fingerprint density at radius 2 is 2.17 bits per heavy atom. The fourth-order valence-electron chi connectivity index (χ4n) is 4.03. The summed E-state index contributed by atoms with van der Waals surface area (Å²) in [5.41, 5.74) is 0.676. The van der Waals surface area contributed by atoms with Gasteiger partial charge in [0.2, 0.25) is 0 Å². The Bertz CT molecular complexity index is 745. The maximum Gasteiger partial charge on any atom is 0.262 e. The number of rotatable bonds is 3. The van der Waals surface area contributed by atoms with Gasteiger partial charge in [0.25, 0.3) is 5.56 Å². The lowest BCUT2D eigenvalue weighted by atomic mass is 10.0. The van der Waals surface area contributed by atoms with E-state index >= 15 is 0 Å². The van der Waals surface area contributed by atoms with Crippen molar-refractivity contribution in [2.75, 3.05) is 6.61 Å². The summed E-state index contributed by atoms with van der Waals surface area (Å²) in [6, 6.07) is 0.268. The quantitative estimate of drug-likeness (QED) is 0.944. The Labute approximate surface area is 135 Å². The van der Waals surface area contributed by atoms with Gasteiger partial charge in [0.05, 0.1) is 18.3 Å². The third-order valence-corrected chi connectivity index (χ3v) is 5.27. The van der Waals surface area contributed by atoms with Crippen molar-refractivity contribution in [3.05, 3.63) is 22.4 Å². The van der Waals surface area contributed by atoms with Crippen molar-refractivity contribution >= 4 is 11.0 Å². The summed E-state index contributed by atoms with van der Waals surface area (Å²) >= 11 is 0. The van der Waals surface area contributed by atoms with Gasteiger partial charge in [-0.2, -0.15) is 5.10 Å². The largest absolute Gasteiger partial charge is 0.378 e. The molecule has 2 aromatic heterocycles. The van der Waals surface area contributed by atoms with E-state index in [-0.39, 0.29) is 17.7 Å². The molecule has 0 unspecified atom stereocenters. The fraction of sp³-hybridized carbons (Fsp3) is 0.706. The summed E-state index contributed by atoms with van der Waals surface area (Å²) in [5, 5.41) is 5.06. The van der Waals surface area contributed by atoms with Crippen molar-refractivity contribution in [1.29, 1.82) is 0 Å². The van der Waals surface area contributed by atoms with E-state index in [0.717, 1.165) is 37.3 Å². The van der Waals surface area contributed by atoms with Gasteiger partial charge in [-0.15, -0.1) is 0 Å². The zero-order chi connectivity index (χ0) is 15.8. The molecule has 1 N–H and O–H groups in total. The number of ether oxygens (including phenoxy) is 1. The molecule has 2 aromatic rings. The zero-order valence-electron chi connectivity index (χ0n) is 13.6. The highest BCUT2D eigenvalue weighted by molar-refractivity contribution is 5.73. The smallest absolute Gasteiger partial charge is 0.262 e. The second-order valence-corrected chi connectivity index (χ2v) is 7.05. The van der Waals surface area contributed by atoms with E-state index in [1.165, 1.54) is 25.7 Å². The third kappa shape index (κ3) is 2.92. The molecule has 6 heteroatoms. The van der Waals surface area contributed by atoms with Gasteiger partial charge in [0, 0.05) is 13.0 Å². The van der Waals surface area contributed by atoms with E-state index in [1.807, 2.05) is 4.68 Å². The van der Waals surface area contributed by atoms with Crippen LogP contribution in [0.1, 0.15) is 57.3 Å². The highest BCUT2D eigenvalue weighted by atomic mass is 16.5. The summed E-state index contributed by atoms with van der Waals surface area (Å²) in [7, 11) is 0.